The topological polar surface area (TPSA) is 53.6 Å². The van der Waals surface area contributed by atoms with Gasteiger partial charge in [-0.25, -0.2) is 9.18 Å². The van der Waals surface area contributed by atoms with Gasteiger partial charge in [0, 0.05) is 18.3 Å². The largest absolute Gasteiger partial charge is 0.489 e. The zero-order chi connectivity index (χ0) is 21.3. The molecule has 0 aromatic heterocycles. The third kappa shape index (κ3) is 6.60. The lowest BCUT2D eigenvalue weighted by atomic mass is 10.1. The number of amides is 2. The number of nitrogens with zero attached hydrogens (tertiary/aromatic N) is 1. The van der Waals surface area contributed by atoms with E-state index in [1.165, 1.54) is 12.1 Å². The van der Waals surface area contributed by atoms with Crippen molar-refractivity contribution in [2.24, 2.45) is 0 Å². The fourth-order valence-electron chi connectivity index (χ4n) is 3.02. The minimum absolute atomic E-state index is 0.140. The average Bonchev–Trinajstić information content (AvgIpc) is 2.73. The molecule has 0 radical (unpaired) electrons. The number of nitrogens with one attached hydrogen (secondary N) is 2. The highest BCUT2D eigenvalue weighted by Crippen LogP contribution is 2.19. The van der Waals surface area contributed by atoms with E-state index in [2.05, 4.69) is 10.6 Å². The highest BCUT2D eigenvalue weighted by molar-refractivity contribution is 5.89. The Morgan fingerprint density at radius 3 is 2.43 bits per heavy atom. The van der Waals surface area contributed by atoms with Crippen LogP contribution in [0.2, 0.25) is 0 Å². The molecule has 1 unspecified atom stereocenters. The van der Waals surface area contributed by atoms with Gasteiger partial charge in [0.15, 0.2) is 0 Å². The van der Waals surface area contributed by atoms with Crippen molar-refractivity contribution >= 4 is 11.7 Å². The standard InChI is InChI=1S/C24H26FN3O2/c1-28(2)16-23(19-7-4-3-5-8-19)27-24(29)26-21-9-6-10-22(15-21)30-17-18-11-13-20(25)14-12-18/h3-15,23H,16-17H2,1-2H3,(H2,26,27,29). The summed E-state index contributed by atoms with van der Waals surface area (Å²) in [6, 6.07) is 22.8. The van der Waals surface area contributed by atoms with Crippen LogP contribution in [0.5, 0.6) is 5.75 Å². The first kappa shape index (κ1) is 21.3. The lowest BCUT2D eigenvalue weighted by molar-refractivity contribution is 0.244. The third-order valence-electron chi connectivity index (χ3n) is 4.47. The summed E-state index contributed by atoms with van der Waals surface area (Å²) < 4.78 is 18.8. The molecule has 1 atom stereocenters. The van der Waals surface area contributed by atoms with Crippen LogP contribution in [0.3, 0.4) is 0 Å². The number of carbonyl (C=O) groups excluding carboxylic acids is 1. The minimum atomic E-state index is -0.290. The monoisotopic (exact) mass is 407 g/mol. The van der Waals surface area contributed by atoms with Crippen LogP contribution in [0.15, 0.2) is 78.9 Å². The Bertz CT molecular complexity index is 946. The smallest absolute Gasteiger partial charge is 0.319 e. The van der Waals surface area contributed by atoms with Crippen LogP contribution < -0.4 is 15.4 Å². The van der Waals surface area contributed by atoms with Gasteiger partial charge in [0.2, 0.25) is 0 Å². The van der Waals surface area contributed by atoms with Crippen LogP contribution in [-0.4, -0.2) is 31.6 Å². The molecule has 0 fully saturated rings. The molecule has 2 N–H and O–H groups in total. The molecule has 5 nitrogen and oxygen atoms in total. The Balaban J connectivity index is 1.60. The molecule has 0 saturated heterocycles. The normalized spacial score (nSPS) is 11.7. The van der Waals surface area contributed by atoms with Crippen LogP contribution in [0.1, 0.15) is 17.2 Å². The summed E-state index contributed by atoms with van der Waals surface area (Å²) in [6.45, 7) is 0.993. The van der Waals surface area contributed by atoms with Gasteiger partial charge in [0.25, 0.3) is 0 Å². The lowest BCUT2D eigenvalue weighted by Gasteiger charge is -2.23. The first-order valence-electron chi connectivity index (χ1n) is 9.74. The Kier molecular flexibility index (Phi) is 7.40. The number of ether oxygens (including phenoxy) is 1. The molecular formula is C24H26FN3O2. The zero-order valence-electron chi connectivity index (χ0n) is 17.1. The fourth-order valence-corrected chi connectivity index (χ4v) is 3.02. The van der Waals surface area contributed by atoms with Crippen LogP contribution >= 0.6 is 0 Å². The Hall–Kier alpha value is -3.38. The van der Waals surface area contributed by atoms with Gasteiger partial charge in [0.1, 0.15) is 18.2 Å². The molecule has 0 spiro atoms. The second kappa shape index (κ2) is 10.4. The van der Waals surface area contributed by atoms with E-state index in [1.807, 2.05) is 61.5 Å². The van der Waals surface area contributed by atoms with Crippen LogP contribution in [0, 0.1) is 5.82 Å². The van der Waals surface area contributed by atoms with E-state index in [9.17, 15) is 9.18 Å². The van der Waals surface area contributed by atoms with Crippen LogP contribution in [0.4, 0.5) is 14.9 Å². The maximum Gasteiger partial charge on any atom is 0.319 e. The van der Waals surface area contributed by atoms with Gasteiger partial charge in [-0.1, -0.05) is 48.5 Å². The predicted molar refractivity (Wildman–Crippen MR) is 117 cm³/mol. The van der Waals surface area contributed by atoms with Gasteiger partial charge < -0.3 is 20.3 Å². The molecule has 0 saturated carbocycles. The first-order chi connectivity index (χ1) is 14.5. The summed E-state index contributed by atoms with van der Waals surface area (Å²) in [5.74, 6) is 0.337. The molecule has 0 bridgehead atoms. The van der Waals surface area contributed by atoms with Gasteiger partial charge in [-0.05, 0) is 49.5 Å². The molecule has 156 valence electrons. The van der Waals surface area contributed by atoms with Crippen molar-refractivity contribution in [1.82, 2.24) is 10.2 Å². The summed E-state index contributed by atoms with van der Waals surface area (Å²) in [4.78, 5) is 14.6. The van der Waals surface area contributed by atoms with E-state index in [-0.39, 0.29) is 17.9 Å². The Labute approximate surface area is 176 Å². The lowest BCUT2D eigenvalue weighted by Crippen LogP contribution is -2.37. The molecule has 6 heteroatoms. The molecule has 3 rings (SSSR count). The van der Waals surface area contributed by atoms with Crippen molar-refractivity contribution in [2.75, 3.05) is 26.0 Å². The molecule has 0 aliphatic rings. The maximum absolute atomic E-state index is 13.0. The SMILES string of the molecule is CN(C)CC(NC(=O)Nc1cccc(OCc2ccc(F)cc2)c1)c1ccccc1. The molecule has 30 heavy (non-hydrogen) atoms. The van der Waals surface area contributed by atoms with Crippen molar-refractivity contribution in [1.29, 1.82) is 0 Å². The highest BCUT2D eigenvalue weighted by atomic mass is 19.1. The molecule has 0 aliphatic carbocycles. The van der Waals surface area contributed by atoms with Gasteiger partial charge in [-0.15, -0.1) is 0 Å². The Morgan fingerprint density at radius 2 is 1.73 bits per heavy atom. The third-order valence-corrected chi connectivity index (χ3v) is 4.47. The number of hydrogen-bond donors (Lipinski definition) is 2. The van der Waals surface area contributed by atoms with Crippen LogP contribution in [0.25, 0.3) is 0 Å². The van der Waals surface area contributed by atoms with E-state index >= 15 is 0 Å². The van der Waals surface area contributed by atoms with Gasteiger partial charge in [-0.2, -0.15) is 0 Å². The minimum Gasteiger partial charge on any atom is -0.489 e. The second-order valence-electron chi connectivity index (χ2n) is 7.27. The molecule has 3 aromatic rings. The van der Waals surface area contributed by atoms with Gasteiger partial charge in [-0.3, -0.25) is 0 Å². The Morgan fingerprint density at radius 1 is 1.00 bits per heavy atom. The summed E-state index contributed by atoms with van der Waals surface area (Å²) in [7, 11) is 3.94. The number of urea groups is 1. The number of hydrogen-bond acceptors (Lipinski definition) is 3. The van der Waals surface area contributed by atoms with E-state index in [4.69, 9.17) is 4.74 Å². The number of anilines is 1. The summed E-state index contributed by atoms with van der Waals surface area (Å²) in [6.07, 6.45) is 0. The van der Waals surface area contributed by atoms with Crippen molar-refractivity contribution < 1.29 is 13.9 Å². The van der Waals surface area contributed by atoms with E-state index in [1.54, 1.807) is 24.3 Å². The molecular weight excluding hydrogens is 381 g/mol. The number of carbonyl (C=O) groups is 1. The summed E-state index contributed by atoms with van der Waals surface area (Å²) >= 11 is 0. The quantitative estimate of drug-likeness (QED) is 0.562. The van der Waals surface area contributed by atoms with E-state index in [0.717, 1.165) is 11.1 Å². The highest BCUT2D eigenvalue weighted by Gasteiger charge is 2.15. The van der Waals surface area contributed by atoms with Crippen molar-refractivity contribution in [3.05, 3.63) is 95.8 Å². The average molecular weight is 407 g/mol. The predicted octanol–water partition coefficient (Wildman–Crippen LogP) is 4.83. The van der Waals surface area contributed by atoms with Gasteiger partial charge in [0.05, 0.1) is 6.04 Å². The van der Waals surface area contributed by atoms with E-state index in [0.29, 0.717) is 24.6 Å². The van der Waals surface area contributed by atoms with Gasteiger partial charge >= 0.3 is 6.03 Å². The molecule has 0 aliphatic heterocycles. The summed E-state index contributed by atoms with van der Waals surface area (Å²) in [5.41, 5.74) is 2.53. The fraction of sp³-hybridized carbons (Fsp3) is 0.208. The number of benzene rings is 3. The van der Waals surface area contributed by atoms with Crippen molar-refractivity contribution in [2.45, 2.75) is 12.6 Å². The van der Waals surface area contributed by atoms with Crippen LogP contribution in [-0.2, 0) is 6.61 Å². The molecule has 0 heterocycles. The number of halogens is 1. The molecule has 2 amide bonds. The van der Waals surface area contributed by atoms with E-state index < -0.39 is 0 Å². The first-order valence-corrected chi connectivity index (χ1v) is 9.74. The maximum atomic E-state index is 13.0. The number of rotatable bonds is 8. The second-order valence-corrected chi connectivity index (χ2v) is 7.27. The number of likely N-dealkylation sites (N-methyl/N-ethyl adjacent to an activating group) is 1. The van der Waals surface area contributed by atoms with Crippen molar-refractivity contribution in [3.63, 3.8) is 0 Å². The summed E-state index contributed by atoms with van der Waals surface area (Å²) in [5, 5.41) is 5.89. The zero-order valence-corrected chi connectivity index (χ0v) is 17.1. The molecule has 3 aromatic carbocycles. The van der Waals surface area contributed by atoms with Crippen molar-refractivity contribution in [3.8, 4) is 5.75 Å².